The van der Waals surface area contributed by atoms with E-state index in [4.69, 9.17) is 10.5 Å². The molecule has 192 valence electrons. The molecule has 0 radical (unpaired) electrons. The molecule has 0 aliphatic heterocycles. The molecule has 3 aromatic carbocycles. The van der Waals surface area contributed by atoms with Crippen molar-refractivity contribution in [1.82, 2.24) is 10.2 Å². The van der Waals surface area contributed by atoms with Gasteiger partial charge in [0.05, 0.1) is 11.6 Å². The summed E-state index contributed by atoms with van der Waals surface area (Å²) in [5.41, 5.74) is 6.98. The Morgan fingerprint density at radius 3 is 2.45 bits per heavy atom. The first kappa shape index (κ1) is 23.9. The van der Waals surface area contributed by atoms with Crippen LogP contribution in [0.25, 0.3) is 10.8 Å². The molecule has 38 heavy (non-hydrogen) atoms. The average molecular weight is 509 g/mol. The van der Waals surface area contributed by atoms with E-state index < -0.39 is 11.5 Å². The van der Waals surface area contributed by atoms with Gasteiger partial charge in [-0.2, -0.15) is 5.10 Å². The first-order valence-electron chi connectivity index (χ1n) is 12.8. The SMILES string of the molecule is CC(=O)N(c1cc(C2CC(OC(=O)C3CC3c3ccccc3)(C(N)=O)C2)[nH]n1)c1cccc2ccccc12. The molecule has 1 aromatic heterocycles. The number of nitrogens with one attached hydrogen (secondary N) is 1. The highest BCUT2D eigenvalue weighted by Crippen LogP contribution is 2.52. The van der Waals surface area contributed by atoms with Crippen LogP contribution in [0.3, 0.4) is 0 Å². The van der Waals surface area contributed by atoms with E-state index in [-0.39, 0.29) is 42.5 Å². The molecular weight excluding hydrogens is 480 g/mol. The van der Waals surface area contributed by atoms with Gasteiger partial charge in [-0.25, -0.2) is 0 Å². The number of ether oxygens (including phenoxy) is 1. The largest absolute Gasteiger partial charge is 0.449 e. The zero-order valence-electron chi connectivity index (χ0n) is 21.0. The fourth-order valence-electron chi connectivity index (χ4n) is 5.59. The fourth-order valence-corrected chi connectivity index (χ4v) is 5.59. The Labute approximate surface area is 219 Å². The number of carbonyl (C=O) groups is 3. The van der Waals surface area contributed by atoms with Crippen LogP contribution in [0.5, 0.6) is 0 Å². The van der Waals surface area contributed by atoms with Crippen LogP contribution in [-0.2, 0) is 19.1 Å². The second-order valence-corrected chi connectivity index (χ2v) is 10.3. The minimum atomic E-state index is -1.33. The number of anilines is 2. The Balaban J connectivity index is 1.18. The van der Waals surface area contributed by atoms with Crippen molar-refractivity contribution in [2.75, 3.05) is 4.90 Å². The van der Waals surface area contributed by atoms with E-state index >= 15 is 0 Å². The number of esters is 1. The number of nitrogens with two attached hydrogens (primary N) is 1. The summed E-state index contributed by atoms with van der Waals surface area (Å²) in [5, 5.41) is 9.39. The first-order valence-corrected chi connectivity index (χ1v) is 12.8. The molecule has 0 spiro atoms. The maximum Gasteiger partial charge on any atom is 0.310 e. The summed E-state index contributed by atoms with van der Waals surface area (Å²) in [5.74, 6) is -0.975. The van der Waals surface area contributed by atoms with E-state index in [0.29, 0.717) is 12.2 Å². The minimum Gasteiger partial charge on any atom is -0.449 e. The molecule has 4 aromatic rings. The van der Waals surface area contributed by atoms with E-state index in [0.717, 1.165) is 27.7 Å². The van der Waals surface area contributed by atoms with Gasteiger partial charge in [-0.15, -0.1) is 0 Å². The number of amides is 2. The van der Waals surface area contributed by atoms with Crippen molar-refractivity contribution >= 4 is 40.1 Å². The van der Waals surface area contributed by atoms with Crippen LogP contribution in [0.15, 0.2) is 78.9 Å². The lowest BCUT2D eigenvalue weighted by atomic mass is 9.68. The molecule has 2 saturated carbocycles. The van der Waals surface area contributed by atoms with Crippen molar-refractivity contribution < 1.29 is 19.1 Å². The molecule has 2 atom stereocenters. The first-order chi connectivity index (χ1) is 18.4. The quantitative estimate of drug-likeness (QED) is 0.351. The number of hydrogen-bond donors (Lipinski definition) is 2. The summed E-state index contributed by atoms with van der Waals surface area (Å²) in [6.45, 7) is 1.50. The number of H-pyrrole nitrogens is 1. The van der Waals surface area contributed by atoms with Gasteiger partial charge < -0.3 is 10.5 Å². The number of primary amides is 1. The number of nitrogens with zero attached hydrogens (tertiary/aromatic N) is 2. The molecule has 2 aliphatic rings. The van der Waals surface area contributed by atoms with Gasteiger partial charge in [-0.05, 0) is 29.4 Å². The summed E-state index contributed by atoms with van der Waals surface area (Å²) < 4.78 is 5.76. The highest BCUT2D eigenvalue weighted by molar-refractivity contribution is 6.07. The van der Waals surface area contributed by atoms with Gasteiger partial charge in [0.2, 0.25) is 5.91 Å². The van der Waals surface area contributed by atoms with Gasteiger partial charge in [-0.1, -0.05) is 66.7 Å². The maximum atomic E-state index is 12.9. The number of carbonyl (C=O) groups excluding carboxylic acids is 3. The Kier molecular flexibility index (Phi) is 5.75. The number of hydrogen-bond acceptors (Lipinski definition) is 5. The zero-order chi connectivity index (χ0) is 26.4. The number of benzene rings is 3. The van der Waals surface area contributed by atoms with Crippen LogP contribution in [0.1, 0.15) is 49.3 Å². The van der Waals surface area contributed by atoms with Crippen molar-refractivity contribution in [2.45, 2.75) is 43.6 Å². The van der Waals surface area contributed by atoms with Crippen LogP contribution in [0.2, 0.25) is 0 Å². The van der Waals surface area contributed by atoms with Gasteiger partial charge >= 0.3 is 5.97 Å². The van der Waals surface area contributed by atoms with Gasteiger partial charge in [0.15, 0.2) is 11.4 Å². The Hall–Kier alpha value is -4.46. The maximum absolute atomic E-state index is 12.9. The van der Waals surface area contributed by atoms with Crippen LogP contribution >= 0.6 is 0 Å². The van der Waals surface area contributed by atoms with Gasteiger partial charge in [0.25, 0.3) is 5.91 Å². The van der Waals surface area contributed by atoms with Gasteiger partial charge in [-0.3, -0.25) is 24.4 Å². The highest BCUT2D eigenvalue weighted by atomic mass is 16.6. The number of aromatic amines is 1. The van der Waals surface area contributed by atoms with Crippen LogP contribution in [-0.4, -0.2) is 33.6 Å². The molecule has 8 heteroatoms. The predicted octanol–water partition coefficient (Wildman–Crippen LogP) is 4.70. The monoisotopic (exact) mass is 508 g/mol. The molecule has 3 N–H and O–H groups in total. The predicted molar refractivity (Wildman–Crippen MR) is 143 cm³/mol. The van der Waals surface area contributed by atoms with Crippen molar-refractivity contribution in [1.29, 1.82) is 0 Å². The molecular formula is C30H28N4O4. The van der Waals surface area contributed by atoms with E-state index in [1.54, 1.807) is 4.90 Å². The molecule has 2 aliphatic carbocycles. The summed E-state index contributed by atoms with van der Waals surface area (Å²) in [7, 11) is 0. The third-order valence-corrected chi connectivity index (χ3v) is 7.79. The van der Waals surface area contributed by atoms with E-state index in [2.05, 4.69) is 10.2 Å². The Bertz CT molecular complexity index is 1530. The topological polar surface area (TPSA) is 118 Å². The second-order valence-electron chi connectivity index (χ2n) is 10.3. The van der Waals surface area contributed by atoms with Crippen molar-refractivity contribution in [3.05, 3.63) is 90.1 Å². The van der Waals surface area contributed by atoms with Crippen molar-refractivity contribution in [2.24, 2.45) is 11.7 Å². The van der Waals surface area contributed by atoms with Crippen LogP contribution < -0.4 is 10.6 Å². The molecule has 0 bridgehead atoms. The highest BCUT2D eigenvalue weighted by Gasteiger charge is 2.56. The summed E-state index contributed by atoms with van der Waals surface area (Å²) in [6.07, 6.45) is 1.25. The number of rotatable bonds is 7. The minimum absolute atomic E-state index is 0.109. The average Bonchev–Trinajstić information content (AvgIpc) is 3.57. The Morgan fingerprint density at radius 2 is 1.71 bits per heavy atom. The van der Waals surface area contributed by atoms with Crippen molar-refractivity contribution in [3.8, 4) is 0 Å². The number of aromatic nitrogens is 2. The lowest BCUT2D eigenvalue weighted by molar-refractivity contribution is -0.180. The van der Waals surface area contributed by atoms with Crippen LogP contribution in [0.4, 0.5) is 11.5 Å². The molecule has 2 fully saturated rings. The molecule has 2 unspecified atom stereocenters. The summed E-state index contributed by atoms with van der Waals surface area (Å²) in [6, 6.07) is 25.3. The third kappa shape index (κ3) is 4.12. The molecule has 1 heterocycles. The van der Waals surface area contributed by atoms with Crippen LogP contribution in [0, 0.1) is 5.92 Å². The second kappa shape index (κ2) is 9.13. The van der Waals surface area contributed by atoms with E-state index in [9.17, 15) is 14.4 Å². The number of fused-ring (bicyclic) bond motifs is 1. The van der Waals surface area contributed by atoms with E-state index in [1.807, 2.05) is 78.9 Å². The third-order valence-electron chi connectivity index (χ3n) is 7.79. The van der Waals surface area contributed by atoms with Gasteiger partial charge in [0, 0.05) is 42.8 Å². The Morgan fingerprint density at radius 1 is 1.00 bits per heavy atom. The lowest BCUT2D eigenvalue weighted by Crippen LogP contribution is -2.56. The molecule has 8 nitrogen and oxygen atoms in total. The molecule has 6 rings (SSSR count). The summed E-state index contributed by atoms with van der Waals surface area (Å²) in [4.78, 5) is 39.6. The normalized spacial score (nSPS) is 23.9. The molecule has 0 saturated heterocycles. The van der Waals surface area contributed by atoms with Gasteiger partial charge in [0.1, 0.15) is 0 Å². The lowest BCUT2D eigenvalue weighted by Gasteiger charge is -2.43. The van der Waals surface area contributed by atoms with E-state index in [1.165, 1.54) is 6.92 Å². The summed E-state index contributed by atoms with van der Waals surface area (Å²) >= 11 is 0. The standard InChI is InChI=1S/C30H28N4O4/c1-18(35)34(26-13-7-11-19-10-5-6-12-22(19)26)27-15-25(32-33-27)21-16-30(17-21,29(31)37)38-28(36)24-14-23(24)20-8-3-2-4-9-20/h2-13,15,21,23-24H,14,16-17H2,1H3,(H2,31,37)(H,32,33). The smallest absolute Gasteiger partial charge is 0.310 e. The fraction of sp³-hybridized carbons (Fsp3) is 0.267. The van der Waals surface area contributed by atoms with Crippen molar-refractivity contribution in [3.63, 3.8) is 0 Å². The zero-order valence-corrected chi connectivity index (χ0v) is 21.0. The molecule has 2 amide bonds.